The van der Waals surface area contributed by atoms with Crippen molar-refractivity contribution in [1.82, 2.24) is 10.0 Å². The molecule has 0 heterocycles. The first-order chi connectivity index (χ1) is 8.35. The van der Waals surface area contributed by atoms with Crippen molar-refractivity contribution in [3.63, 3.8) is 0 Å². The molecular formula is C11H16ClFN2O2S. The van der Waals surface area contributed by atoms with Gasteiger partial charge in [0.05, 0.1) is 4.90 Å². The Labute approximate surface area is 112 Å². The van der Waals surface area contributed by atoms with E-state index in [2.05, 4.69) is 10.0 Å². The number of sulfonamides is 1. The van der Waals surface area contributed by atoms with E-state index in [1.807, 2.05) is 13.8 Å². The van der Waals surface area contributed by atoms with E-state index < -0.39 is 15.8 Å². The highest BCUT2D eigenvalue weighted by molar-refractivity contribution is 7.89. The molecule has 0 radical (unpaired) electrons. The van der Waals surface area contributed by atoms with Gasteiger partial charge in [0, 0.05) is 17.6 Å². The molecule has 0 spiro atoms. The minimum absolute atomic E-state index is 0.00574. The SMILES string of the molecule is CCN[C@H](C)CNS(=O)(=O)c1cc(F)cc(Cl)c1. The highest BCUT2D eigenvalue weighted by Crippen LogP contribution is 2.17. The fourth-order valence-corrected chi connectivity index (χ4v) is 2.89. The minimum atomic E-state index is -3.73. The first-order valence-electron chi connectivity index (χ1n) is 5.54. The summed E-state index contributed by atoms with van der Waals surface area (Å²) in [5.74, 6) is -0.678. The Morgan fingerprint density at radius 3 is 2.61 bits per heavy atom. The number of halogens is 2. The molecule has 0 aliphatic carbocycles. The second-order valence-corrected chi connectivity index (χ2v) is 6.12. The van der Waals surface area contributed by atoms with Crippen LogP contribution in [0.25, 0.3) is 0 Å². The first kappa shape index (κ1) is 15.4. The van der Waals surface area contributed by atoms with Gasteiger partial charge >= 0.3 is 0 Å². The molecule has 7 heteroatoms. The van der Waals surface area contributed by atoms with E-state index in [1.165, 1.54) is 6.07 Å². The molecule has 4 nitrogen and oxygen atoms in total. The quantitative estimate of drug-likeness (QED) is 0.840. The van der Waals surface area contributed by atoms with E-state index in [0.717, 1.165) is 18.7 Å². The molecule has 0 aromatic heterocycles. The third kappa shape index (κ3) is 4.53. The number of hydrogen-bond donors (Lipinski definition) is 2. The minimum Gasteiger partial charge on any atom is -0.313 e. The van der Waals surface area contributed by atoms with Crippen LogP contribution >= 0.6 is 11.6 Å². The van der Waals surface area contributed by atoms with Crippen molar-refractivity contribution >= 4 is 21.6 Å². The zero-order chi connectivity index (χ0) is 13.8. The molecular weight excluding hydrogens is 279 g/mol. The van der Waals surface area contributed by atoms with Crippen LogP contribution in [0.15, 0.2) is 23.1 Å². The Balaban J connectivity index is 2.80. The molecule has 0 bridgehead atoms. The second kappa shape index (κ2) is 6.47. The number of nitrogens with one attached hydrogen (secondary N) is 2. The van der Waals surface area contributed by atoms with Crippen LogP contribution in [0.5, 0.6) is 0 Å². The van der Waals surface area contributed by atoms with Crippen LogP contribution in [0, 0.1) is 5.82 Å². The molecule has 1 aromatic rings. The Morgan fingerprint density at radius 2 is 2.06 bits per heavy atom. The molecule has 0 saturated heterocycles. The summed E-state index contributed by atoms with van der Waals surface area (Å²) in [6.07, 6.45) is 0. The lowest BCUT2D eigenvalue weighted by molar-refractivity contribution is 0.535. The summed E-state index contributed by atoms with van der Waals surface area (Å²) in [4.78, 5) is -0.170. The van der Waals surface area contributed by atoms with E-state index in [1.54, 1.807) is 0 Å². The van der Waals surface area contributed by atoms with Crippen molar-refractivity contribution in [2.45, 2.75) is 24.8 Å². The Bertz CT molecular complexity index is 488. The van der Waals surface area contributed by atoms with Gasteiger partial charge in [0.15, 0.2) is 0 Å². The molecule has 0 unspecified atom stereocenters. The average Bonchev–Trinajstić information content (AvgIpc) is 2.26. The summed E-state index contributed by atoms with van der Waals surface area (Å²) in [5, 5.41) is 3.12. The number of benzene rings is 1. The fourth-order valence-electron chi connectivity index (χ4n) is 1.42. The monoisotopic (exact) mass is 294 g/mol. The average molecular weight is 295 g/mol. The van der Waals surface area contributed by atoms with Crippen molar-refractivity contribution in [1.29, 1.82) is 0 Å². The van der Waals surface area contributed by atoms with Gasteiger partial charge in [-0.3, -0.25) is 0 Å². The highest BCUT2D eigenvalue weighted by Gasteiger charge is 2.16. The first-order valence-corrected chi connectivity index (χ1v) is 7.40. The van der Waals surface area contributed by atoms with Crippen molar-refractivity contribution in [3.05, 3.63) is 29.0 Å². The summed E-state index contributed by atoms with van der Waals surface area (Å²) in [7, 11) is -3.73. The van der Waals surface area contributed by atoms with Crippen LogP contribution in [0.2, 0.25) is 5.02 Å². The highest BCUT2D eigenvalue weighted by atomic mass is 35.5. The topological polar surface area (TPSA) is 58.2 Å². The van der Waals surface area contributed by atoms with E-state index in [-0.39, 0.29) is 22.5 Å². The van der Waals surface area contributed by atoms with Gasteiger partial charge in [0.2, 0.25) is 10.0 Å². The molecule has 102 valence electrons. The van der Waals surface area contributed by atoms with E-state index >= 15 is 0 Å². The third-order valence-electron chi connectivity index (χ3n) is 2.28. The van der Waals surface area contributed by atoms with Crippen molar-refractivity contribution in [2.75, 3.05) is 13.1 Å². The standard InChI is InChI=1S/C11H16ClFN2O2S/c1-3-14-8(2)7-15-18(16,17)11-5-9(12)4-10(13)6-11/h4-6,8,14-15H,3,7H2,1-2H3/t8-/m1/s1. The maximum absolute atomic E-state index is 13.1. The lowest BCUT2D eigenvalue weighted by Gasteiger charge is -2.13. The molecule has 0 amide bonds. The Kier molecular flexibility index (Phi) is 5.52. The van der Waals surface area contributed by atoms with Crippen molar-refractivity contribution in [3.8, 4) is 0 Å². The Morgan fingerprint density at radius 1 is 1.39 bits per heavy atom. The molecule has 0 aliphatic heterocycles. The maximum atomic E-state index is 13.1. The summed E-state index contributed by atoms with van der Waals surface area (Å²) in [6.45, 7) is 4.75. The Hall–Kier alpha value is -0.690. The van der Waals surface area contributed by atoms with E-state index in [9.17, 15) is 12.8 Å². The lowest BCUT2D eigenvalue weighted by atomic mass is 10.3. The molecule has 0 fully saturated rings. The number of likely N-dealkylation sites (N-methyl/N-ethyl adjacent to an activating group) is 1. The third-order valence-corrected chi connectivity index (χ3v) is 3.90. The largest absolute Gasteiger partial charge is 0.313 e. The number of hydrogen-bond acceptors (Lipinski definition) is 3. The van der Waals surface area contributed by atoms with Crippen LogP contribution in [0.4, 0.5) is 4.39 Å². The van der Waals surface area contributed by atoms with E-state index in [4.69, 9.17) is 11.6 Å². The summed E-state index contributed by atoms with van der Waals surface area (Å²) in [5.41, 5.74) is 0. The maximum Gasteiger partial charge on any atom is 0.240 e. The fraction of sp³-hybridized carbons (Fsp3) is 0.455. The molecule has 1 atom stereocenters. The summed E-state index contributed by atoms with van der Waals surface area (Å²) >= 11 is 5.62. The second-order valence-electron chi connectivity index (χ2n) is 3.92. The van der Waals surface area contributed by atoms with Gasteiger partial charge in [-0.25, -0.2) is 17.5 Å². The molecule has 0 aliphatic rings. The summed E-state index contributed by atoms with van der Waals surface area (Å²) < 4.78 is 39.2. The van der Waals surface area contributed by atoms with Crippen LogP contribution in [-0.2, 0) is 10.0 Å². The predicted molar refractivity (Wildman–Crippen MR) is 69.7 cm³/mol. The zero-order valence-electron chi connectivity index (χ0n) is 10.2. The van der Waals surface area contributed by atoms with Gasteiger partial charge in [-0.15, -0.1) is 0 Å². The van der Waals surface area contributed by atoms with E-state index in [0.29, 0.717) is 0 Å². The van der Waals surface area contributed by atoms with Gasteiger partial charge in [-0.2, -0.15) is 0 Å². The van der Waals surface area contributed by atoms with Gasteiger partial charge in [0.25, 0.3) is 0 Å². The van der Waals surface area contributed by atoms with Gasteiger partial charge < -0.3 is 5.32 Å². The van der Waals surface area contributed by atoms with Gasteiger partial charge in [0.1, 0.15) is 5.82 Å². The molecule has 0 saturated carbocycles. The van der Waals surface area contributed by atoms with Crippen LogP contribution in [0.3, 0.4) is 0 Å². The predicted octanol–water partition coefficient (Wildman–Crippen LogP) is 1.76. The molecule has 2 N–H and O–H groups in total. The van der Waals surface area contributed by atoms with Crippen molar-refractivity contribution < 1.29 is 12.8 Å². The molecule has 1 aromatic carbocycles. The van der Waals surface area contributed by atoms with Gasteiger partial charge in [-0.05, 0) is 31.7 Å². The smallest absolute Gasteiger partial charge is 0.240 e. The lowest BCUT2D eigenvalue weighted by Crippen LogP contribution is -2.38. The van der Waals surface area contributed by atoms with Gasteiger partial charge in [-0.1, -0.05) is 18.5 Å². The number of rotatable bonds is 6. The van der Waals surface area contributed by atoms with Crippen LogP contribution in [0.1, 0.15) is 13.8 Å². The normalized spacial score (nSPS) is 13.6. The van der Waals surface area contributed by atoms with Crippen molar-refractivity contribution in [2.24, 2.45) is 0 Å². The van der Waals surface area contributed by atoms with Crippen LogP contribution < -0.4 is 10.0 Å². The molecule has 1 rings (SSSR count). The summed E-state index contributed by atoms with van der Waals surface area (Å²) in [6, 6.07) is 3.20. The zero-order valence-corrected chi connectivity index (χ0v) is 11.8. The van der Waals surface area contributed by atoms with Crippen LogP contribution in [-0.4, -0.2) is 27.5 Å². The molecule has 18 heavy (non-hydrogen) atoms.